The highest BCUT2D eigenvalue weighted by molar-refractivity contribution is 5.80. The molecule has 1 amide bonds. The standard InChI is InChI=1S/C16H28N2O/c1-11-13(6-4-7-14(11)17)16(19)18-10-9-12-5-2-3-8-15(12)18/h11-15H,2-10,17H2,1H3. The fraction of sp³-hybridized carbons (Fsp3) is 0.938. The minimum absolute atomic E-state index is 0.199. The summed E-state index contributed by atoms with van der Waals surface area (Å²) in [4.78, 5) is 15.1. The molecule has 1 heterocycles. The third-order valence-electron chi connectivity index (χ3n) is 5.97. The summed E-state index contributed by atoms with van der Waals surface area (Å²) in [6, 6.07) is 0.791. The fourth-order valence-electron chi connectivity index (χ4n) is 4.64. The Morgan fingerprint density at radius 1 is 1.05 bits per heavy atom. The molecular weight excluding hydrogens is 236 g/mol. The molecule has 1 saturated heterocycles. The van der Waals surface area contributed by atoms with Crippen LogP contribution in [0.1, 0.15) is 58.3 Å². The van der Waals surface area contributed by atoms with Gasteiger partial charge in [-0.25, -0.2) is 0 Å². The van der Waals surface area contributed by atoms with E-state index in [1.54, 1.807) is 0 Å². The molecule has 0 spiro atoms. The molecule has 3 fully saturated rings. The summed E-state index contributed by atoms with van der Waals surface area (Å²) in [5.74, 6) is 1.79. The number of hydrogen-bond acceptors (Lipinski definition) is 2. The lowest BCUT2D eigenvalue weighted by atomic mass is 9.76. The highest BCUT2D eigenvalue weighted by Gasteiger charge is 2.42. The van der Waals surface area contributed by atoms with Crippen LogP contribution in [0.5, 0.6) is 0 Å². The van der Waals surface area contributed by atoms with E-state index in [0.29, 0.717) is 17.9 Å². The third-order valence-corrected chi connectivity index (χ3v) is 5.97. The molecule has 1 aliphatic heterocycles. The average molecular weight is 264 g/mol. The number of carbonyl (C=O) groups excluding carboxylic acids is 1. The molecule has 2 aliphatic carbocycles. The van der Waals surface area contributed by atoms with Crippen molar-refractivity contribution in [1.29, 1.82) is 0 Å². The van der Waals surface area contributed by atoms with Crippen molar-refractivity contribution in [3.8, 4) is 0 Å². The molecule has 3 rings (SSSR count). The van der Waals surface area contributed by atoms with E-state index in [-0.39, 0.29) is 12.0 Å². The minimum Gasteiger partial charge on any atom is -0.339 e. The van der Waals surface area contributed by atoms with E-state index < -0.39 is 0 Å². The SMILES string of the molecule is CC1C(N)CCCC1C(=O)N1CCC2CCCCC21. The number of likely N-dealkylation sites (tertiary alicyclic amines) is 1. The van der Waals surface area contributed by atoms with Crippen LogP contribution >= 0.6 is 0 Å². The van der Waals surface area contributed by atoms with Gasteiger partial charge in [0.2, 0.25) is 5.91 Å². The van der Waals surface area contributed by atoms with Crippen LogP contribution in [-0.2, 0) is 4.79 Å². The van der Waals surface area contributed by atoms with Crippen LogP contribution in [0.4, 0.5) is 0 Å². The molecule has 0 aromatic carbocycles. The van der Waals surface area contributed by atoms with Crippen molar-refractivity contribution in [2.75, 3.05) is 6.54 Å². The van der Waals surface area contributed by atoms with Gasteiger partial charge in [-0.15, -0.1) is 0 Å². The van der Waals surface area contributed by atoms with Gasteiger partial charge in [0.05, 0.1) is 0 Å². The molecule has 2 saturated carbocycles. The van der Waals surface area contributed by atoms with Gasteiger partial charge in [0.25, 0.3) is 0 Å². The van der Waals surface area contributed by atoms with Crippen molar-refractivity contribution < 1.29 is 4.79 Å². The number of rotatable bonds is 1. The normalized spacial score (nSPS) is 43.1. The highest BCUT2D eigenvalue weighted by Crippen LogP contribution is 2.39. The van der Waals surface area contributed by atoms with Crippen LogP contribution in [0.2, 0.25) is 0 Å². The lowest BCUT2D eigenvalue weighted by Gasteiger charge is -2.38. The summed E-state index contributed by atoms with van der Waals surface area (Å²) in [7, 11) is 0. The van der Waals surface area contributed by atoms with Crippen LogP contribution in [0.25, 0.3) is 0 Å². The first-order chi connectivity index (χ1) is 9.18. The quantitative estimate of drug-likeness (QED) is 0.791. The van der Waals surface area contributed by atoms with Crippen LogP contribution in [0.15, 0.2) is 0 Å². The first-order valence-corrected chi connectivity index (χ1v) is 8.24. The van der Waals surface area contributed by atoms with Crippen LogP contribution in [0.3, 0.4) is 0 Å². The van der Waals surface area contributed by atoms with Gasteiger partial charge >= 0.3 is 0 Å². The summed E-state index contributed by atoms with van der Waals surface area (Å²) in [5, 5.41) is 0. The largest absolute Gasteiger partial charge is 0.339 e. The molecule has 0 radical (unpaired) electrons. The lowest BCUT2D eigenvalue weighted by molar-refractivity contribution is -0.140. The monoisotopic (exact) mass is 264 g/mol. The first-order valence-electron chi connectivity index (χ1n) is 8.24. The number of hydrogen-bond donors (Lipinski definition) is 1. The summed E-state index contributed by atoms with van der Waals surface area (Å²) in [6.07, 6.45) is 9.78. The molecule has 19 heavy (non-hydrogen) atoms. The maximum Gasteiger partial charge on any atom is 0.226 e. The van der Waals surface area contributed by atoms with Crippen LogP contribution in [0, 0.1) is 17.8 Å². The van der Waals surface area contributed by atoms with E-state index >= 15 is 0 Å². The van der Waals surface area contributed by atoms with Gasteiger partial charge < -0.3 is 10.6 Å². The molecule has 3 aliphatic rings. The van der Waals surface area contributed by atoms with E-state index in [0.717, 1.165) is 31.7 Å². The topological polar surface area (TPSA) is 46.3 Å². The Kier molecular flexibility index (Phi) is 3.84. The number of carbonyl (C=O) groups is 1. The van der Waals surface area contributed by atoms with Crippen molar-refractivity contribution in [3.63, 3.8) is 0 Å². The second-order valence-electron chi connectivity index (χ2n) is 6.99. The van der Waals surface area contributed by atoms with Gasteiger partial charge in [0.15, 0.2) is 0 Å². The predicted octanol–water partition coefficient (Wildman–Crippen LogP) is 2.54. The molecule has 0 aromatic heterocycles. The average Bonchev–Trinajstić information content (AvgIpc) is 2.85. The van der Waals surface area contributed by atoms with E-state index in [1.165, 1.54) is 32.1 Å². The Balaban J connectivity index is 1.69. The summed E-state index contributed by atoms with van der Waals surface area (Å²) < 4.78 is 0. The lowest BCUT2D eigenvalue weighted by Crippen LogP contribution is -2.48. The number of amides is 1. The fourth-order valence-corrected chi connectivity index (χ4v) is 4.64. The summed E-state index contributed by atoms with van der Waals surface area (Å²) in [5.41, 5.74) is 6.17. The molecule has 0 aromatic rings. The number of nitrogens with zero attached hydrogens (tertiary/aromatic N) is 1. The Morgan fingerprint density at radius 3 is 2.68 bits per heavy atom. The van der Waals surface area contributed by atoms with Gasteiger partial charge in [0, 0.05) is 24.5 Å². The van der Waals surface area contributed by atoms with Gasteiger partial charge in [-0.3, -0.25) is 4.79 Å². The Bertz CT molecular complexity index is 344. The van der Waals surface area contributed by atoms with Gasteiger partial charge in [-0.2, -0.15) is 0 Å². The summed E-state index contributed by atoms with van der Waals surface area (Å²) in [6.45, 7) is 3.19. The highest BCUT2D eigenvalue weighted by atomic mass is 16.2. The van der Waals surface area contributed by atoms with E-state index in [4.69, 9.17) is 5.73 Å². The molecule has 2 N–H and O–H groups in total. The second-order valence-corrected chi connectivity index (χ2v) is 6.99. The smallest absolute Gasteiger partial charge is 0.226 e. The van der Waals surface area contributed by atoms with Crippen molar-refractivity contribution in [3.05, 3.63) is 0 Å². The molecule has 3 heteroatoms. The Hall–Kier alpha value is -0.570. The maximum absolute atomic E-state index is 12.9. The molecule has 0 bridgehead atoms. The van der Waals surface area contributed by atoms with E-state index in [1.807, 2.05) is 0 Å². The number of fused-ring (bicyclic) bond motifs is 1. The van der Waals surface area contributed by atoms with E-state index in [2.05, 4.69) is 11.8 Å². The van der Waals surface area contributed by atoms with E-state index in [9.17, 15) is 4.79 Å². The molecule has 5 atom stereocenters. The zero-order valence-electron chi connectivity index (χ0n) is 12.2. The van der Waals surface area contributed by atoms with Crippen molar-refractivity contribution in [2.24, 2.45) is 23.5 Å². The van der Waals surface area contributed by atoms with Crippen molar-refractivity contribution in [2.45, 2.75) is 70.4 Å². The van der Waals surface area contributed by atoms with Gasteiger partial charge in [0.1, 0.15) is 0 Å². The zero-order valence-corrected chi connectivity index (χ0v) is 12.2. The molecule has 3 nitrogen and oxygen atoms in total. The zero-order chi connectivity index (χ0) is 13.4. The predicted molar refractivity (Wildman–Crippen MR) is 76.6 cm³/mol. The maximum atomic E-state index is 12.9. The van der Waals surface area contributed by atoms with Crippen molar-refractivity contribution >= 4 is 5.91 Å². The number of nitrogens with two attached hydrogens (primary N) is 1. The first kappa shape index (κ1) is 13.4. The molecule has 108 valence electrons. The Labute approximate surface area is 116 Å². The minimum atomic E-state index is 0.199. The van der Waals surface area contributed by atoms with Crippen molar-refractivity contribution in [1.82, 2.24) is 4.90 Å². The van der Waals surface area contributed by atoms with Crippen LogP contribution < -0.4 is 5.73 Å². The summed E-state index contributed by atoms with van der Waals surface area (Å²) >= 11 is 0. The second kappa shape index (κ2) is 5.43. The third kappa shape index (κ3) is 2.42. The molecule has 5 unspecified atom stereocenters. The van der Waals surface area contributed by atoms with Gasteiger partial charge in [-0.05, 0) is 43.9 Å². The van der Waals surface area contributed by atoms with Crippen LogP contribution in [-0.4, -0.2) is 29.4 Å². The molecular formula is C16H28N2O. The Morgan fingerprint density at radius 2 is 1.84 bits per heavy atom. The van der Waals surface area contributed by atoms with Gasteiger partial charge in [-0.1, -0.05) is 26.2 Å².